The Bertz CT molecular complexity index is 1170. The summed E-state index contributed by atoms with van der Waals surface area (Å²) < 4.78 is 5.00. The van der Waals surface area contributed by atoms with E-state index in [0.717, 1.165) is 11.3 Å². The molecule has 1 N–H and O–H groups in total. The van der Waals surface area contributed by atoms with Gasteiger partial charge in [-0.2, -0.15) is 0 Å². The van der Waals surface area contributed by atoms with Crippen LogP contribution in [-0.4, -0.2) is 23.8 Å². The summed E-state index contributed by atoms with van der Waals surface area (Å²) in [7, 11) is 1.29. The molecule has 164 valence electrons. The maximum Gasteiger partial charge on any atom is 0.336 e. The van der Waals surface area contributed by atoms with Gasteiger partial charge in [0, 0.05) is 46.5 Å². The number of benzene rings is 2. The highest BCUT2D eigenvalue weighted by Crippen LogP contribution is 2.45. The lowest BCUT2D eigenvalue weighted by molar-refractivity contribution is -0.384. The van der Waals surface area contributed by atoms with E-state index < -0.39 is 16.8 Å². The second-order valence-corrected chi connectivity index (χ2v) is 8.35. The molecule has 0 fully saturated rings. The molecule has 2 atom stereocenters. The van der Waals surface area contributed by atoms with Crippen LogP contribution in [0.1, 0.15) is 42.7 Å². The van der Waals surface area contributed by atoms with Crippen molar-refractivity contribution >= 4 is 29.0 Å². The van der Waals surface area contributed by atoms with Gasteiger partial charge in [-0.1, -0.05) is 35.9 Å². The number of hydrogen-bond acceptors (Lipinski definition) is 6. The Hall–Kier alpha value is -3.45. The van der Waals surface area contributed by atoms with Gasteiger partial charge in [-0.3, -0.25) is 14.9 Å². The van der Waals surface area contributed by atoms with Crippen molar-refractivity contribution in [2.24, 2.45) is 0 Å². The average molecular weight is 453 g/mol. The van der Waals surface area contributed by atoms with E-state index in [9.17, 15) is 19.7 Å². The van der Waals surface area contributed by atoms with Gasteiger partial charge in [-0.25, -0.2) is 4.79 Å². The number of methoxy groups -OCH3 is 1. The summed E-state index contributed by atoms with van der Waals surface area (Å²) in [5, 5.41) is 15.0. The Morgan fingerprint density at radius 1 is 1.09 bits per heavy atom. The van der Waals surface area contributed by atoms with Crippen molar-refractivity contribution in [3.8, 4) is 0 Å². The highest BCUT2D eigenvalue weighted by molar-refractivity contribution is 6.30. The lowest BCUT2D eigenvalue weighted by atomic mass is 9.71. The summed E-state index contributed by atoms with van der Waals surface area (Å²) in [4.78, 5) is 36.6. The Morgan fingerprint density at radius 3 is 2.31 bits per heavy atom. The molecule has 0 unspecified atom stereocenters. The molecule has 1 aliphatic carbocycles. The number of Topliss-reactive ketones (excluding diaryl/α,β-unsaturated/α-hetero) is 1. The van der Waals surface area contributed by atoms with Crippen molar-refractivity contribution in [1.82, 2.24) is 5.32 Å². The van der Waals surface area contributed by atoms with E-state index in [4.69, 9.17) is 16.3 Å². The molecular weight excluding hydrogens is 432 g/mol. The molecule has 2 aliphatic rings. The van der Waals surface area contributed by atoms with Gasteiger partial charge in [-0.05, 0) is 42.5 Å². The van der Waals surface area contributed by atoms with Crippen LogP contribution in [0.2, 0.25) is 5.02 Å². The van der Waals surface area contributed by atoms with Crippen LogP contribution >= 0.6 is 11.6 Å². The number of carbonyl (C=O) groups excluding carboxylic acids is 2. The number of ketones is 1. The number of nitrogens with one attached hydrogen (secondary N) is 1. The first kappa shape index (κ1) is 21.8. The van der Waals surface area contributed by atoms with Crippen molar-refractivity contribution < 1.29 is 19.2 Å². The summed E-state index contributed by atoms with van der Waals surface area (Å²) in [5.41, 5.74) is 3.78. The van der Waals surface area contributed by atoms with Gasteiger partial charge in [0.1, 0.15) is 0 Å². The van der Waals surface area contributed by atoms with E-state index in [1.54, 1.807) is 31.2 Å². The Labute approximate surface area is 189 Å². The fourth-order valence-corrected chi connectivity index (χ4v) is 4.64. The molecule has 0 aromatic heterocycles. The van der Waals surface area contributed by atoms with Crippen LogP contribution in [0.5, 0.6) is 0 Å². The zero-order valence-electron chi connectivity index (χ0n) is 17.6. The number of ether oxygens (including phenoxy) is 1. The molecule has 0 saturated heterocycles. The summed E-state index contributed by atoms with van der Waals surface area (Å²) >= 11 is 6.01. The van der Waals surface area contributed by atoms with E-state index in [1.165, 1.54) is 19.2 Å². The molecule has 0 bridgehead atoms. The highest BCUT2D eigenvalue weighted by atomic mass is 35.5. The third-order valence-corrected chi connectivity index (χ3v) is 6.26. The van der Waals surface area contributed by atoms with E-state index in [0.29, 0.717) is 40.3 Å². The van der Waals surface area contributed by atoms with Crippen LogP contribution < -0.4 is 5.32 Å². The number of nitro benzene ring substituents is 1. The van der Waals surface area contributed by atoms with Crippen molar-refractivity contribution in [2.45, 2.75) is 31.6 Å². The van der Waals surface area contributed by atoms with Gasteiger partial charge in [0.2, 0.25) is 0 Å². The summed E-state index contributed by atoms with van der Waals surface area (Å²) in [6.45, 7) is 1.77. The first-order valence-electron chi connectivity index (χ1n) is 10.1. The minimum atomic E-state index is -0.654. The number of non-ortho nitro benzene ring substituents is 1. The van der Waals surface area contributed by atoms with E-state index >= 15 is 0 Å². The van der Waals surface area contributed by atoms with Crippen LogP contribution in [0.15, 0.2) is 71.1 Å². The zero-order valence-corrected chi connectivity index (χ0v) is 18.3. The number of halogens is 1. The van der Waals surface area contributed by atoms with Crippen LogP contribution in [0.25, 0.3) is 0 Å². The SMILES string of the molecule is COC(=O)C1=C(C)NC2=C(C(=O)C[C@H](c3ccc(Cl)cc3)C2)[C@@H]1c1ccc([N+](=O)[O-])cc1. The molecular formula is C24H21ClN2O5. The quantitative estimate of drug-likeness (QED) is 0.407. The summed E-state index contributed by atoms with van der Waals surface area (Å²) in [6.07, 6.45) is 0.886. The molecule has 0 spiro atoms. The molecule has 1 heterocycles. The smallest absolute Gasteiger partial charge is 0.336 e. The van der Waals surface area contributed by atoms with E-state index in [2.05, 4.69) is 5.32 Å². The van der Waals surface area contributed by atoms with Gasteiger partial charge in [0.25, 0.3) is 5.69 Å². The van der Waals surface area contributed by atoms with Gasteiger partial charge in [0.15, 0.2) is 5.78 Å². The van der Waals surface area contributed by atoms with E-state index in [-0.39, 0.29) is 17.4 Å². The normalized spacial score (nSPS) is 20.5. The highest BCUT2D eigenvalue weighted by Gasteiger charge is 2.41. The molecule has 2 aromatic rings. The van der Waals surface area contributed by atoms with Gasteiger partial charge < -0.3 is 10.1 Å². The topological polar surface area (TPSA) is 98.5 Å². The first-order valence-corrected chi connectivity index (χ1v) is 10.5. The number of nitro groups is 1. The van der Waals surface area contributed by atoms with Crippen LogP contribution in [0.4, 0.5) is 5.69 Å². The monoisotopic (exact) mass is 452 g/mol. The molecule has 4 rings (SSSR count). The second-order valence-electron chi connectivity index (χ2n) is 7.91. The molecule has 2 aromatic carbocycles. The minimum Gasteiger partial charge on any atom is -0.466 e. The lowest BCUT2D eigenvalue weighted by Gasteiger charge is -2.36. The number of rotatable bonds is 4. The van der Waals surface area contributed by atoms with Crippen LogP contribution in [0, 0.1) is 10.1 Å². The molecule has 1 aliphatic heterocycles. The van der Waals surface area contributed by atoms with Crippen molar-refractivity contribution in [2.75, 3.05) is 7.11 Å². The molecule has 32 heavy (non-hydrogen) atoms. The molecule has 8 heteroatoms. The maximum absolute atomic E-state index is 13.4. The minimum absolute atomic E-state index is 0.0176. The zero-order chi connectivity index (χ0) is 23.0. The molecule has 0 radical (unpaired) electrons. The molecule has 0 saturated carbocycles. The lowest BCUT2D eigenvalue weighted by Crippen LogP contribution is -2.36. The van der Waals surface area contributed by atoms with Crippen molar-refractivity contribution in [1.29, 1.82) is 0 Å². The largest absolute Gasteiger partial charge is 0.466 e. The third-order valence-electron chi connectivity index (χ3n) is 6.01. The van der Waals surface area contributed by atoms with Gasteiger partial charge in [-0.15, -0.1) is 0 Å². The maximum atomic E-state index is 13.4. The predicted octanol–water partition coefficient (Wildman–Crippen LogP) is 4.78. The number of hydrogen-bond donors (Lipinski definition) is 1. The Balaban J connectivity index is 1.79. The van der Waals surface area contributed by atoms with Gasteiger partial charge >= 0.3 is 5.97 Å². The van der Waals surface area contributed by atoms with Crippen molar-refractivity contribution in [3.63, 3.8) is 0 Å². The van der Waals surface area contributed by atoms with Gasteiger partial charge in [0.05, 0.1) is 17.6 Å². The number of dihydropyridines is 1. The summed E-state index contributed by atoms with van der Waals surface area (Å²) in [6, 6.07) is 13.4. The predicted molar refractivity (Wildman–Crippen MR) is 119 cm³/mol. The number of allylic oxidation sites excluding steroid dienone is 3. The molecule has 0 amide bonds. The average Bonchev–Trinajstić information content (AvgIpc) is 2.78. The van der Waals surface area contributed by atoms with Crippen molar-refractivity contribution in [3.05, 3.63) is 97.3 Å². The van der Waals surface area contributed by atoms with Crippen LogP contribution in [-0.2, 0) is 14.3 Å². The first-order chi connectivity index (χ1) is 15.3. The third kappa shape index (κ3) is 3.91. The molecule has 7 nitrogen and oxygen atoms in total. The van der Waals surface area contributed by atoms with Crippen LogP contribution in [0.3, 0.4) is 0 Å². The Kier molecular flexibility index (Phi) is 5.84. The number of esters is 1. The van der Waals surface area contributed by atoms with E-state index in [1.807, 2.05) is 12.1 Å². The summed E-state index contributed by atoms with van der Waals surface area (Å²) in [5.74, 6) is -1.29. The number of nitrogens with zero attached hydrogens (tertiary/aromatic N) is 1. The Morgan fingerprint density at radius 2 is 1.72 bits per heavy atom. The fraction of sp³-hybridized carbons (Fsp3) is 0.250. The second kappa shape index (κ2) is 8.59. The number of carbonyl (C=O) groups is 2. The standard InChI is InChI=1S/C24H21ClN2O5/c1-13-21(24(29)32-2)22(15-5-9-18(10-6-15)27(30)31)23-19(26-13)11-16(12-20(23)28)14-3-7-17(25)8-4-14/h3-10,16,22,26H,11-12H2,1-2H3/t16-,22-/m1/s1. The fourth-order valence-electron chi connectivity index (χ4n) is 4.51.